The minimum atomic E-state index is -0.336. The number of hydrogen-bond donors (Lipinski definition) is 1. The predicted molar refractivity (Wildman–Crippen MR) is 116 cm³/mol. The summed E-state index contributed by atoms with van der Waals surface area (Å²) in [5, 5.41) is 4.61. The molecule has 0 saturated heterocycles. The van der Waals surface area contributed by atoms with Crippen molar-refractivity contribution in [2.24, 2.45) is 5.10 Å². The summed E-state index contributed by atoms with van der Waals surface area (Å²) < 4.78 is 19.4. The number of halogens is 3. The number of hydrazone groups is 1. The molecule has 3 rings (SSSR count). The van der Waals surface area contributed by atoms with E-state index in [-0.39, 0.29) is 18.1 Å². The molecule has 3 aromatic carbocycles. The number of carbonyl (C=O) groups is 1. The van der Waals surface area contributed by atoms with Gasteiger partial charge in [-0.15, -0.1) is 0 Å². The van der Waals surface area contributed by atoms with Crippen LogP contribution >= 0.6 is 27.5 Å². The van der Waals surface area contributed by atoms with Crippen molar-refractivity contribution < 1.29 is 13.9 Å². The topological polar surface area (TPSA) is 50.7 Å². The number of amides is 1. The normalized spacial score (nSPS) is 10.9. The van der Waals surface area contributed by atoms with Crippen LogP contribution in [0, 0.1) is 5.82 Å². The fourth-order valence-electron chi connectivity index (χ4n) is 2.49. The van der Waals surface area contributed by atoms with E-state index in [9.17, 15) is 9.18 Å². The van der Waals surface area contributed by atoms with Crippen LogP contribution in [0.1, 0.15) is 16.7 Å². The van der Waals surface area contributed by atoms with E-state index in [0.29, 0.717) is 22.9 Å². The molecule has 0 bridgehead atoms. The molecule has 0 unspecified atom stereocenters. The summed E-state index contributed by atoms with van der Waals surface area (Å²) >= 11 is 9.61. The number of carbonyl (C=O) groups excluding carboxylic acids is 1. The monoisotopic (exact) mass is 474 g/mol. The van der Waals surface area contributed by atoms with Gasteiger partial charge in [0.15, 0.2) is 0 Å². The van der Waals surface area contributed by atoms with E-state index >= 15 is 0 Å². The van der Waals surface area contributed by atoms with Gasteiger partial charge in [-0.1, -0.05) is 41.9 Å². The first-order valence-electron chi connectivity index (χ1n) is 8.73. The van der Waals surface area contributed by atoms with E-state index in [1.165, 1.54) is 18.3 Å². The molecule has 4 nitrogen and oxygen atoms in total. The average Bonchev–Trinajstić information content (AvgIpc) is 2.70. The molecular weight excluding hydrogens is 459 g/mol. The third-order valence-electron chi connectivity index (χ3n) is 3.98. The van der Waals surface area contributed by atoms with Gasteiger partial charge in [-0.2, -0.15) is 5.10 Å². The highest BCUT2D eigenvalue weighted by atomic mass is 79.9. The van der Waals surface area contributed by atoms with Crippen LogP contribution in [0.2, 0.25) is 5.02 Å². The van der Waals surface area contributed by atoms with Gasteiger partial charge in [0.2, 0.25) is 5.91 Å². The zero-order valence-corrected chi connectivity index (χ0v) is 17.6. The Balaban J connectivity index is 1.53. The van der Waals surface area contributed by atoms with E-state index in [4.69, 9.17) is 16.3 Å². The second kappa shape index (κ2) is 10.2. The molecule has 0 fully saturated rings. The average molecular weight is 476 g/mol. The van der Waals surface area contributed by atoms with Crippen molar-refractivity contribution >= 4 is 39.7 Å². The van der Waals surface area contributed by atoms with Crippen LogP contribution in [0.15, 0.2) is 76.3 Å². The molecule has 0 aliphatic heterocycles. The summed E-state index contributed by atoms with van der Waals surface area (Å²) in [7, 11) is 0. The lowest BCUT2D eigenvalue weighted by Crippen LogP contribution is -2.19. The summed E-state index contributed by atoms with van der Waals surface area (Å²) in [5.41, 5.74) is 4.85. The minimum Gasteiger partial charge on any atom is -0.488 e. The summed E-state index contributed by atoms with van der Waals surface area (Å²) in [6.45, 7) is 0.352. The van der Waals surface area contributed by atoms with Crippen LogP contribution in [-0.2, 0) is 17.8 Å². The van der Waals surface area contributed by atoms with Crippen LogP contribution in [0.4, 0.5) is 4.39 Å². The second-order valence-corrected chi connectivity index (χ2v) is 7.43. The lowest BCUT2D eigenvalue weighted by atomic mass is 10.1. The Labute approximate surface area is 181 Å². The van der Waals surface area contributed by atoms with Gasteiger partial charge in [0.25, 0.3) is 0 Å². The van der Waals surface area contributed by atoms with Crippen LogP contribution in [-0.4, -0.2) is 12.1 Å². The van der Waals surface area contributed by atoms with Crippen molar-refractivity contribution in [2.45, 2.75) is 13.0 Å². The molecule has 0 saturated carbocycles. The Hall–Kier alpha value is -2.70. The first-order valence-corrected chi connectivity index (χ1v) is 9.90. The Morgan fingerprint density at radius 3 is 2.62 bits per heavy atom. The van der Waals surface area contributed by atoms with E-state index < -0.39 is 0 Å². The van der Waals surface area contributed by atoms with Gasteiger partial charge >= 0.3 is 0 Å². The Kier molecular flexibility index (Phi) is 7.38. The lowest BCUT2D eigenvalue weighted by molar-refractivity contribution is -0.120. The van der Waals surface area contributed by atoms with Crippen LogP contribution < -0.4 is 10.2 Å². The Bertz CT molecular complexity index is 1030. The fraction of sp³-hybridized carbons (Fsp3) is 0.0909. The predicted octanol–water partition coefficient (Wildman–Crippen LogP) is 5.51. The van der Waals surface area contributed by atoms with Gasteiger partial charge in [-0.25, -0.2) is 9.82 Å². The first-order chi connectivity index (χ1) is 14.0. The first kappa shape index (κ1) is 21.0. The van der Waals surface area contributed by atoms with Crippen LogP contribution in [0.3, 0.4) is 0 Å². The molecule has 29 heavy (non-hydrogen) atoms. The molecule has 1 N–H and O–H groups in total. The molecule has 0 radical (unpaired) electrons. The number of rotatable bonds is 7. The minimum absolute atomic E-state index is 0.121. The Morgan fingerprint density at radius 1 is 1.14 bits per heavy atom. The number of ether oxygens (including phenoxy) is 1. The molecule has 0 heterocycles. The zero-order valence-electron chi connectivity index (χ0n) is 15.2. The number of hydrogen-bond acceptors (Lipinski definition) is 3. The highest BCUT2D eigenvalue weighted by Crippen LogP contribution is 2.27. The van der Waals surface area contributed by atoms with Crippen molar-refractivity contribution in [2.75, 3.05) is 0 Å². The number of benzene rings is 3. The third kappa shape index (κ3) is 6.41. The van der Waals surface area contributed by atoms with Crippen LogP contribution in [0.5, 0.6) is 5.75 Å². The summed E-state index contributed by atoms with van der Waals surface area (Å²) in [5.74, 6) is 0.0473. The summed E-state index contributed by atoms with van der Waals surface area (Å²) in [6.07, 6.45) is 1.65. The molecule has 0 aromatic heterocycles. The number of nitrogens with one attached hydrogen (secondary N) is 1. The van der Waals surface area contributed by atoms with Gasteiger partial charge in [0.1, 0.15) is 18.2 Å². The van der Waals surface area contributed by atoms with E-state index in [1.807, 2.05) is 42.5 Å². The van der Waals surface area contributed by atoms with Crippen molar-refractivity contribution in [1.82, 2.24) is 5.43 Å². The maximum atomic E-state index is 12.9. The summed E-state index contributed by atoms with van der Waals surface area (Å²) in [6, 6.07) is 18.7. The second-order valence-electron chi connectivity index (χ2n) is 6.17. The largest absolute Gasteiger partial charge is 0.488 e. The quantitative estimate of drug-likeness (QED) is 0.362. The number of nitrogens with zero attached hydrogens (tertiary/aromatic N) is 1. The molecule has 0 aliphatic rings. The van der Waals surface area contributed by atoms with E-state index in [1.54, 1.807) is 12.1 Å². The maximum absolute atomic E-state index is 12.9. The molecular formula is C22H17BrClFN2O2. The molecule has 1 amide bonds. The Morgan fingerprint density at radius 2 is 1.90 bits per heavy atom. The molecule has 0 atom stereocenters. The fourth-order valence-corrected chi connectivity index (χ4v) is 3.19. The third-order valence-corrected chi connectivity index (χ3v) is 4.97. The van der Waals surface area contributed by atoms with Gasteiger partial charge in [-0.3, -0.25) is 4.79 Å². The molecule has 0 aliphatic carbocycles. The van der Waals surface area contributed by atoms with Crippen molar-refractivity contribution in [1.29, 1.82) is 0 Å². The standard InChI is InChI=1S/C22H17BrClFN2O2/c23-19-11-16(7-10-21(19)29-14-17-3-1-2-4-20(17)24)13-26-27-22(28)12-15-5-8-18(25)9-6-15/h1-11,13H,12,14H2,(H,27,28)/b26-13+. The zero-order chi connectivity index (χ0) is 20.6. The van der Waals surface area contributed by atoms with E-state index in [0.717, 1.165) is 15.6 Å². The molecule has 3 aromatic rings. The van der Waals surface area contributed by atoms with Gasteiger partial charge in [0.05, 0.1) is 17.1 Å². The highest BCUT2D eigenvalue weighted by molar-refractivity contribution is 9.10. The van der Waals surface area contributed by atoms with Crippen molar-refractivity contribution in [3.8, 4) is 5.75 Å². The van der Waals surface area contributed by atoms with Crippen LogP contribution in [0.25, 0.3) is 0 Å². The molecule has 148 valence electrons. The lowest BCUT2D eigenvalue weighted by Gasteiger charge is -2.10. The van der Waals surface area contributed by atoms with Crippen molar-refractivity contribution in [3.05, 3.63) is 98.7 Å². The molecule has 0 spiro atoms. The highest BCUT2D eigenvalue weighted by Gasteiger charge is 2.05. The molecule has 7 heteroatoms. The summed E-state index contributed by atoms with van der Waals surface area (Å²) in [4.78, 5) is 11.9. The smallest absolute Gasteiger partial charge is 0.244 e. The van der Waals surface area contributed by atoms with E-state index in [2.05, 4.69) is 26.5 Å². The van der Waals surface area contributed by atoms with Gasteiger partial charge in [-0.05, 0) is 63.5 Å². The maximum Gasteiger partial charge on any atom is 0.244 e. The SMILES string of the molecule is O=C(Cc1ccc(F)cc1)N/N=C/c1ccc(OCc2ccccc2Cl)c(Br)c1. The van der Waals surface area contributed by atoms with Gasteiger partial charge in [0, 0.05) is 10.6 Å². The van der Waals surface area contributed by atoms with Gasteiger partial charge < -0.3 is 4.74 Å². The van der Waals surface area contributed by atoms with Crippen molar-refractivity contribution in [3.63, 3.8) is 0 Å².